The van der Waals surface area contributed by atoms with E-state index in [0.717, 1.165) is 27.5 Å². The average molecular weight is 304 g/mol. The Morgan fingerprint density at radius 1 is 1.38 bits per heavy atom. The van der Waals surface area contributed by atoms with Crippen molar-refractivity contribution in [3.63, 3.8) is 0 Å². The predicted molar refractivity (Wildman–Crippen MR) is 85.1 cm³/mol. The molecular formula is C16H20N2O2S. The highest BCUT2D eigenvalue weighted by Crippen LogP contribution is 2.22. The van der Waals surface area contributed by atoms with Gasteiger partial charge in [-0.15, -0.1) is 11.3 Å². The molecule has 0 aliphatic carbocycles. The highest BCUT2D eigenvalue weighted by molar-refractivity contribution is 7.09. The van der Waals surface area contributed by atoms with E-state index in [-0.39, 0.29) is 0 Å². The Kier molecular flexibility index (Phi) is 4.63. The normalized spacial score (nSPS) is 13.4. The third kappa shape index (κ3) is 3.24. The van der Waals surface area contributed by atoms with Crippen LogP contribution in [0.25, 0.3) is 0 Å². The number of hydrogen-bond donors (Lipinski definition) is 1. The maximum atomic E-state index is 11.2. The average Bonchev–Trinajstić information content (AvgIpc) is 2.73. The van der Waals surface area contributed by atoms with Crippen LogP contribution in [0.15, 0.2) is 29.3 Å². The van der Waals surface area contributed by atoms with Crippen LogP contribution in [0, 0.1) is 6.92 Å². The van der Waals surface area contributed by atoms with Crippen molar-refractivity contribution in [1.29, 1.82) is 0 Å². The van der Waals surface area contributed by atoms with Gasteiger partial charge in [0.2, 0.25) is 0 Å². The summed E-state index contributed by atoms with van der Waals surface area (Å²) in [4.78, 5) is 17.6. The van der Waals surface area contributed by atoms with Crippen molar-refractivity contribution in [1.82, 2.24) is 4.57 Å². The van der Waals surface area contributed by atoms with E-state index in [1.54, 1.807) is 6.92 Å². The molecule has 1 atom stereocenters. The smallest absolute Gasteiger partial charge is 0.312 e. The Morgan fingerprint density at radius 2 is 2.00 bits per heavy atom. The number of carbonyl (C=O) groups is 1. The molecule has 0 saturated carbocycles. The quantitative estimate of drug-likeness (QED) is 0.941. The van der Waals surface area contributed by atoms with Gasteiger partial charge in [0.05, 0.1) is 11.6 Å². The molecule has 0 fully saturated rings. The summed E-state index contributed by atoms with van der Waals surface area (Å²) in [6, 6.07) is 8.13. The van der Waals surface area contributed by atoms with Gasteiger partial charge < -0.3 is 9.67 Å². The van der Waals surface area contributed by atoms with Gasteiger partial charge in [-0.1, -0.05) is 19.1 Å². The maximum Gasteiger partial charge on any atom is 0.312 e. The van der Waals surface area contributed by atoms with Gasteiger partial charge in [0.25, 0.3) is 0 Å². The Morgan fingerprint density at radius 3 is 2.52 bits per heavy atom. The molecule has 0 saturated heterocycles. The summed E-state index contributed by atoms with van der Waals surface area (Å²) in [5.74, 6) is -1.34. The molecule has 1 unspecified atom stereocenters. The molecule has 1 aromatic heterocycles. The summed E-state index contributed by atoms with van der Waals surface area (Å²) in [5.41, 5.74) is 2.98. The molecule has 0 amide bonds. The third-order valence-corrected chi connectivity index (χ3v) is 4.67. The first-order valence-electron chi connectivity index (χ1n) is 6.96. The van der Waals surface area contributed by atoms with E-state index in [1.807, 2.05) is 30.7 Å². The minimum absolute atomic E-state index is 0.530. The lowest BCUT2D eigenvalue weighted by molar-refractivity contribution is -0.138. The van der Waals surface area contributed by atoms with Crippen LogP contribution >= 0.6 is 11.3 Å². The van der Waals surface area contributed by atoms with Crippen LogP contribution in [-0.2, 0) is 18.3 Å². The standard InChI is InChI=1S/C16H20N2O2S/c1-5-12-6-8-13(9-7-12)17-16-18(4)14(11(3)21-16)10(2)15(19)20/h6-10H,5H2,1-4H3,(H,19,20). The molecule has 1 aromatic carbocycles. The van der Waals surface area contributed by atoms with Crippen LogP contribution in [0.5, 0.6) is 0 Å². The predicted octanol–water partition coefficient (Wildman–Crippen LogP) is 3.38. The van der Waals surface area contributed by atoms with Crippen molar-refractivity contribution < 1.29 is 9.90 Å². The van der Waals surface area contributed by atoms with E-state index in [4.69, 9.17) is 0 Å². The van der Waals surface area contributed by atoms with E-state index < -0.39 is 11.9 Å². The first kappa shape index (κ1) is 15.5. The fourth-order valence-electron chi connectivity index (χ4n) is 2.32. The van der Waals surface area contributed by atoms with Gasteiger partial charge >= 0.3 is 5.97 Å². The van der Waals surface area contributed by atoms with E-state index >= 15 is 0 Å². The Bertz CT molecular complexity index is 711. The summed E-state index contributed by atoms with van der Waals surface area (Å²) in [6.45, 7) is 5.77. The summed E-state index contributed by atoms with van der Waals surface area (Å²) >= 11 is 1.52. The highest BCUT2D eigenvalue weighted by atomic mass is 32.1. The number of hydrogen-bond acceptors (Lipinski definition) is 3. The van der Waals surface area contributed by atoms with Crippen molar-refractivity contribution in [2.75, 3.05) is 0 Å². The molecule has 1 heterocycles. The molecule has 0 spiro atoms. The zero-order valence-electron chi connectivity index (χ0n) is 12.8. The van der Waals surface area contributed by atoms with Gasteiger partial charge in [-0.2, -0.15) is 0 Å². The lowest BCUT2D eigenvalue weighted by Gasteiger charge is -2.08. The molecule has 0 aliphatic heterocycles. The summed E-state index contributed by atoms with van der Waals surface area (Å²) in [5, 5.41) is 9.20. The van der Waals surface area contributed by atoms with Crippen molar-refractivity contribution >= 4 is 23.0 Å². The van der Waals surface area contributed by atoms with E-state index in [9.17, 15) is 9.90 Å². The minimum atomic E-state index is -0.814. The van der Waals surface area contributed by atoms with E-state index in [2.05, 4.69) is 24.0 Å². The number of aromatic nitrogens is 1. The maximum absolute atomic E-state index is 11.2. The summed E-state index contributed by atoms with van der Waals surface area (Å²) in [7, 11) is 1.87. The number of benzene rings is 1. The third-order valence-electron chi connectivity index (χ3n) is 3.60. The van der Waals surface area contributed by atoms with Gasteiger partial charge in [-0.3, -0.25) is 4.79 Å². The molecule has 1 N–H and O–H groups in total. The van der Waals surface area contributed by atoms with Crippen LogP contribution in [0.2, 0.25) is 0 Å². The molecule has 0 radical (unpaired) electrons. The number of carboxylic acids is 1. The number of carboxylic acid groups (broad SMARTS) is 1. The van der Waals surface area contributed by atoms with Gasteiger partial charge in [-0.25, -0.2) is 4.99 Å². The number of nitrogens with zero attached hydrogens (tertiary/aromatic N) is 2. The molecule has 21 heavy (non-hydrogen) atoms. The summed E-state index contributed by atoms with van der Waals surface area (Å²) < 4.78 is 1.88. The summed E-state index contributed by atoms with van der Waals surface area (Å²) in [6.07, 6.45) is 1.01. The van der Waals surface area contributed by atoms with Gasteiger partial charge in [0.1, 0.15) is 0 Å². The fraction of sp³-hybridized carbons (Fsp3) is 0.375. The van der Waals surface area contributed by atoms with Crippen molar-refractivity contribution in [3.8, 4) is 0 Å². The molecule has 2 aromatic rings. The van der Waals surface area contributed by atoms with Crippen molar-refractivity contribution in [2.24, 2.45) is 12.0 Å². The van der Waals surface area contributed by atoms with Crippen LogP contribution in [0.3, 0.4) is 0 Å². The second-order valence-electron chi connectivity index (χ2n) is 5.08. The lowest BCUT2D eigenvalue weighted by Crippen LogP contribution is -2.18. The molecule has 2 rings (SSSR count). The zero-order valence-corrected chi connectivity index (χ0v) is 13.6. The molecule has 0 aliphatic rings. The van der Waals surface area contributed by atoms with Crippen LogP contribution in [-0.4, -0.2) is 15.6 Å². The number of aryl methyl sites for hydroxylation is 2. The van der Waals surface area contributed by atoms with Crippen LogP contribution in [0.1, 0.15) is 35.9 Å². The van der Waals surface area contributed by atoms with Crippen molar-refractivity contribution in [3.05, 3.63) is 45.2 Å². The number of aliphatic carboxylic acids is 1. The molecule has 0 bridgehead atoms. The topological polar surface area (TPSA) is 54.6 Å². The van der Waals surface area contributed by atoms with Gasteiger partial charge in [-0.05, 0) is 38.0 Å². The van der Waals surface area contributed by atoms with Gasteiger partial charge in [0, 0.05) is 17.6 Å². The van der Waals surface area contributed by atoms with Crippen LogP contribution < -0.4 is 4.80 Å². The van der Waals surface area contributed by atoms with E-state index in [0.29, 0.717) is 0 Å². The zero-order chi connectivity index (χ0) is 15.6. The second-order valence-corrected chi connectivity index (χ2v) is 6.26. The SMILES string of the molecule is CCc1ccc(N=c2sc(C)c(C(C)C(=O)O)n2C)cc1. The lowest BCUT2D eigenvalue weighted by atomic mass is 10.1. The Labute approximate surface area is 128 Å². The van der Waals surface area contributed by atoms with E-state index in [1.165, 1.54) is 16.9 Å². The van der Waals surface area contributed by atoms with Gasteiger partial charge in [0.15, 0.2) is 4.80 Å². The first-order chi connectivity index (χ1) is 9.93. The monoisotopic (exact) mass is 304 g/mol. The molecular weight excluding hydrogens is 284 g/mol. The number of rotatable bonds is 4. The molecule has 112 valence electrons. The van der Waals surface area contributed by atoms with Crippen LogP contribution in [0.4, 0.5) is 5.69 Å². The largest absolute Gasteiger partial charge is 0.481 e. The number of thiazole rings is 1. The second kappa shape index (κ2) is 6.26. The minimum Gasteiger partial charge on any atom is -0.481 e. The molecule has 5 heteroatoms. The fourth-order valence-corrected chi connectivity index (χ4v) is 3.40. The molecule has 4 nitrogen and oxygen atoms in total. The van der Waals surface area contributed by atoms with Crippen molar-refractivity contribution in [2.45, 2.75) is 33.1 Å². The highest BCUT2D eigenvalue weighted by Gasteiger charge is 2.20. The first-order valence-corrected chi connectivity index (χ1v) is 7.78. The Balaban J connectivity index is 2.47. The Hall–Kier alpha value is -1.88.